The van der Waals surface area contributed by atoms with Crippen molar-refractivity contribution in [1.29, 1.82) is 0 Å². The summed E-state index contributed by atoms with van der Waals surface area (Å²) >= 11 is 0. The molecular formula is C16H24N2O. The van der Waals surface area contributed by atoms with Crippen molar-refractivity contribution in [2.75, 3.05) is 11.9 Å². The maximum Gasteiger partial charge on any atom is 0.126 e. The molecule has 1 aromatic heterocycles. The number of aromatic nitrogens is 1. The van der Waals surface area contributed by atoms with E-state index in [9.17, 15) is 5.11 Å². The van der Waals surface area contributed by atoms with E-state index in [2.05, 4.69) is 24.4 Å². The predicted octanol–water partition coefficient (Wildman–Crippen LogP) is 2.92. The van der Waals surface area contributed by atoms with Crippen LogP contribution in [0.1, 0.15) is 50.3 Å². The Bertz CT molecular complexity index is 460. The highest BCUT2D eigenvalue weighted by Crippen LogP contribution is 2.34. The summed E-state index contributed by atoms with van der Waals surface area (Å²) in [5, 5.41) is 13.4. The van der Waals surface area contributed by atoms with Gasteiger partial charge < -0.3 is 10.4 Å². The molecule has 0 saturated heterocycles. The standard InChI is InChI=1S/C16H24N2O/c1-12-4-3-9-16(10-12,11-19)18-15-8-7-13-5-2-6-14(13)17-15/h7-8,12,19H,2-6,9-11H2,1H3,(H,17,18). The van der Waals surface area contributed by atoms with Crippen molar-refractivity contribution in [3.8, 4) is 0 Å². The first-order valence-corrected chi connectivity index (χ1v) is 7.59. The van der Waals surface area contributed by atoms with Gasteiger partial charge in [0.15, 0.2) is 0 Å². The van der Waals surface area contributed by atoms with E-state index in [1.807, 2.05) is 0 Å². The van der Waals surface area contributed by atoms with E-state index in [1.165, 1.54) is 36.9 Å². The molecule has 0 amide bonds. The fraction of sp³-hybridized carbons (Fsp3) is 0.688. The summed E-state index contributed by atoms with van der Waals surface area (Å²) in [6.45, 7) is 2.48. The number of hydrogen-bond donors (Lipinski definition) is 2. The first kappa shape index (κ1) is 12.9. The molecule has 2 N–H and O–H groups in total. The van der Waals surface area contributed by atoms with Gasteiger partial charge in [0, 0.05) is 5.69 Å². The average Bonchev–Trinajstić information content (AvgIpc) is 2.86. The summed E-state index contributed by atoms with van der Waals surface area (Å²) < 4.78 is 0. The largest absolute Gasteiger partial charge is 0.394 e. The molecule has 19 heavy (non-hydrogen) atoms. The second-order valence-corrected chi connectivity index (χ2v) is 6.42. The van der Waals surface area contributed by atoms with Crippen LogP contribution in [0.25, 0.3) is 0 Å². The minimum Gasteiger partial charge on any atom is -0.394 e. The van der Waals surface area contributed by atoms with Gasteiger partial charge in [0.05, 0.1) is 12.1 Å². The molecule has 0 aliphatic heterocycles. The molecule has 104 valence electrons. The third-order valence-electron chi connectivity index (χ3n) is 4.72. The number of pyridine rings is 1. The average molecular weight is 260 g/mol. The van der Waals surface area contributed by atoms with Crippen molar-refractivity contribution in [2.45, 2.75) is 57.4 Å². The van der Waals surface area contributed by atoms with Crippen LogP contribution in [0.5, 0.6) is 0 Å². The molecule has 1 aromatic rings. The van der Waals surface area contributed by atoms with Crippen LogP contribution in [-0.4, -0.2) is 22.2 Å². The van der Waals surface area contributed by atoms with Crippen molar-refractivity contribution < 1.29 is 5.11 Å². The Morgan fingerprint density at radius 2 is 2.26 bits per heavy atom. The molecule has 0 aromatic carbocycles. The molecule has 3 nitrogen and oxygen atoms in total. The van der Waals surface area contributed by atoms with Crippen molar-refractivity contribution in [3.63, 3.8) is 0 Å². The zero-order chi connectivity index (χ0) is 13.3. The Balaban J connectivity index is 1.79. The summed E-state index contributed by atoms with van der Waals surface area (Å²) in [4.78, 5) is 4.74. The SMILES string of the molecule is CC1CCCC(CO)(Nc2ccc3c(n2)CCC3)C1. The number of aliphatic hydroxyl groups excluding tert-OH is 1. The van der Waals surface area contributed by atoms with E-state index in [4.69, 9.17) is 4.98 Å². The highest BCUT2D eigenvalue weighted by atomic mass is 16.3. The molecule has 1 heterocycles. The molecule has 2 atom stereocenters. The first-order valence-electron chi connectivity index (χ1n) is 7.59. The Hall–Kier alpha value is -1.09. The topological polar surface area (TPSA) is 45.1 Å². The van der Waals surface area contributed by atoms with Crippen molar-refractivity contribution in [2.24, 2.45) is 5.92 Å². The number of nitrogens with zero attached hydrogens (tertiary/aromatic N) is 1. The van der Waals surface area contributed by atoms with E-state index in [-0.39, 0.29) is 12.1 Å². The van der Waals surface area contributed by atoms with Gasteiger partial charge in [0.25, 0.3) is 0 Å². The van der Waals surface area contributed by atoms with Gasteiger partial charge in [-0.05, 0) is 49.7 Å². The molecule has 2 aliphatic rings. The van der Waals surface area contributed by atoms with Crippen LogP contribution >= 0.6 is 0 Å². The molecular weight excluding hydrogens is 236 g/mol. The summed E-state index contributed by atoms with van der Waals surface area (Å²) in [7, 11) is 0. The maximum atomic E-state index is 9.82. The smallest absolute Gasteiger partial charge is 0.126 e. The summed E-state index contributed by atoms with van der Waals surface area (Å²) in [6.07, 6.45) is 8.07. The highest BCUT2D eigenvalue weighted by Gasteiger charge is 2.34. The molecule has 3 heteroatoms. The third-order valence-corrected chi connectivity index (χ3v) is 4.72. The zero-order valence-electron chi connectivity index (χ0n) is 11.8. The van der Waals surface area contributed by atoms with Gasteiger partial charge in [0.2, 0.25) is 0 Å². The number of hydrogen-bond acceptors (Lipinski definition) is 3. The monoisotopic (exact) mass is 260 g/mol. The van der Waals surface area contributed by atoms with Gasteiger partial charge in [0.1, 0.15) is 5.82 Å². The van der Waals surface area contributed by atoms with Crippen molar-refractivity contribution >= 4 is 5.82 Å². The lowest BCUT2D eigenvalue weighted by atomic mass is 9.77. The van der Waals surface area contributed by atoms with E-state index in [0.717, 1.165) is 25.1 Å². The van der Waals surface area contributed by atoms with E-state index >= 15 is 0 Å². The van der Waals surface area contributed by atoms with Gasteiger partial charge >= 0.3 is 0 Å². The van der Waals surface area contributed by atoms with E-state index in [0.29, 0.717) is 5.92 Å². The quantitative estimate of drug-likeness (QED) is 0.878. The van der Waals surface area contributed by atoms with E-state index in [1.54, 1.807) is 0 Å². The van der Waals surface area contributed by atoms with E-state index < -0.39 is 0 Å². The normalized spacial score (nSPS) is 30.1. The summed E-state index contributed by atoms with van der Waals surface area (Å²) in [5.41, 5.74) is 2.50. The minimum absolute atomic E-state index is 0.155. The Morgan fingerprint density at radius 3 is 3.05 bits per heavy atom. The molecule has 2 aliphatic carbocycles. The van der Waals surface area contributed by atoms with Gasteiger partial charge in [-0.25, -0.2) is 4.98 Å². The Morgan fingerprint density at radius 1 is 1.37 bits per heavy atom. The van der Waals surface area contributed by atoms with Gasteiger partial charge in [-0.1, -0.05) is 25.8 Å². The minimum atomic E-state index is -0.155. The molecule has 3 rings (SSSR count). The van der Waals surface area contributed by atoms with Crippen LogP contribution < -0.4 is 5.32 Å². The Kier molecular flexibility index (Phi) is 3.48. The van der Waals surface area contributed by atoms with Crippen molar-refractivity contribution in [3.05, 3.63) is 23.4 Å². The van der Waals surface area contributed by atoms with Gasteiger partial charge in [-0.3, -0.25) is 0 Å². The zero-order valence-corrected chi connectivity index (χ0v) is 11.8. The summed E-state index contributed by atoms with van der Waals surface area (Å²) in [6, 6.07) is 4.29. The third kappa shape index (κ3) is 2.62. The molecule has 0 radical (unpaired) electrons. The summed E-state index contributed by atoms with van der Waals surface area (Å²) in [5.74, 6) is 1.63. The molecule has 0 spiro atoms. The number of rotatable bonds is 3. The lowest BCUT2D eigenvalue weighted by Crippen LogP contribution is -2.46. The predicted molar refractivity (Wildman–Crippen MR) is 77.3 cm³/mol. The van der Waals surface area contributed by atoms with Crippen molar-refractivity contribution in [1.82, 2.24) is 4.98 Å². The number of anilines is 1. The fourth-order valence-corrected chi connectivity index (χ4v) is 3.72. The van der Waals surface area contributed by atoms with Crippen LogP contribution in [0.15, 0.2) is 12.1 Å². The second kappa shape index (κ2) is 5.12. The van der Waals surface area contributed by atoms with Crippen LogP contribution in [-0.2, 0) is 12.8 Å². The molecule has 1 saturated carbocycles. The van der Waals surface area contributed by atoms with Crippen LogP contribution in [0.3, 0.4) is 0 Å². The number of fused-ring (bicyclic) bond motifs is 1. The maximum absolute atomic E-state index is 9.82. The number of nitrogens with one attached hydrogen (secondary N) is 1. The Labute approximate surface area is 115 Å². The van der Waals surface area contributed by atoms with Crippen LogP contribution in [0.2, 0.25) is 0 Å². The number of aryl methyl sites for hydroxylation is 2. The van der Waals surface area contributed by atoms with Crippen LogP contribution in [0, 0.1) is 5.92 Å². The lowest BCUT2D eigenvalue weighted by molar-refractivity contribution is 0.149. The van der Waals surface area contributed by atoms with Gasteiger partial charge in [-0.15, -0.1) is 0 Å². The number of aliphatic hydroxyl groups is 1. The van der Waals surface area contributed by atoms with Gasteiger partial charge in [-0.2, -0.15) is 0 Å². The molecule has 0 bridgehead atoms. The second-order valence-electron chi connectivity index (χ2n) is 6.42. The molecule has 1 fully saturated rings. The lowest BCUT2D eigenvalue weighted by Gasteiger charge is -2.39. The highest BCUT2D eigenvalue weighted by molar-refractivity contribution is 5.43. The first-order chi connectivity index (χ1) is 9.21. The van der Waals surface area contributed by atoms with Crippen LogP contribution in [0.4, 0.5) is 5.82 Å². The fourth-order valence-electron chi connectivity index (χ4n) is 3.72. The molecule has 2 unspecified atom stereocenters.